The number of fused-ring (bicyclic) bond motifs is 1. The highest BCUT2D eigenvalue weighted by atomic mass is 35.5. The average Bonchev–Trinajstić information content (AvgIpc) is 2.59. The van der Waals surface area contributed by atoms with Gasteiger partial charge in [0.05, 0.1) is 0 Å². The van der Waals surface area contributed by atoms with Crippen molar-refractivity contribution < 1.29 is 4.79 Å². The molecule has 3 heteroatoms. The summed E-state index contributed by atoms with van der Waals surface area (Å²) in [5.74, 6) is -0.0847. The van der Waals surface area contributed by atoms with E-state index in [0.717, 1.165) is 10.9 Å². The van der Waals surface area contributed by atoms with Gasteiger partial charge in [-0.05, 0) is 18.2 Å². The van der Waals surface area contributed by atoms with Crippen molar-refractivity contribution in [3.8, 4) is 0 Å². The minimum absolute atomic E-state index is 0.0847. The fourth-order valence-corrected chi connectivity index (χ4v) is 1.58. The third kappa shape index (κ3) is 1.34. The second kappa shape index (κ2) is 3.31. The van der Waals surface area contributed by atoms with E-state index in [2.05, 4.69) is 11.6 Å². The topological polar surface area (TPSA) is 32.9 Å². The van der Waals surface area contributed by atoms with Crippen molar-refractivity contribution in [3.63, 3.8) is 0 Å². The number of carbonyl (C=O) groups excluding carboxylic acids is 1. The Morgan fingerprint density at radius 3 is 3.00 bits per heavy atom. The van der Waals surface area contributed by atoms with Crippen LogP contribution in [0.3, 0.4) is 0 Å². The molecule has 0 aliphatic rings. The van der Waals surface area contributed by atoms with Crippen LogP contribution in [0.5, 0.6) is 0 Å². The van der Waals surface area contributed by atoms with Crippen molar-refractivity contribution in [2.24, 2.45) is 0 Å². The molecule has 1 heterocycles. The summed E-state index contributed by atoms with van der Waals surface area (Å²) < 4.78 is 0. The summed E-state index contributed by atoms with van der Waals surface area (Å²) in [5, 5.41) is 1.52. The summed E-state index contributed by atoms with van der Waals surface area (Å²) in [4.78, 5) is 14.4. The summed E-state index contributed by atoms with van der Waals surface area (Å²) >= 11 is 5.82. The number of nitrogens with one attached hydrogen (secondary N) is 1. The number of H-pyrrole nitrogens is 1. The van der Waals surface area contributed by atoms with Gasteiger partial charge in [0, 0.05) is 27.7 Å². The fraction of sp³-hybridized carbons (Fsp3) is 0. The van der Waals surface area contributed by atoms with Gasteiger partial charge in [-0.3, -0.25) is 4.79 Å². The standard InChI is InChI=1S/C11H8ClNO/c1-2-11(14)9-6-13-10-5-7(12)3-4-8(9)10/h2-6,13H,1H2. The lowest BCUT2D eigenvalue weighted by atomic mass is 10.1. The number of aromatic nitrogens is 1. The zero-order chi connectivity index (χ0) is 10.1. The Balaban J connectivity index is 2.69. The number of benzene rings is 1. The number of aromatic amines is 1. The Morgan fingerprint density at radius 1 is 1.50 bits per heavy atom. The van der Waals surface area contributed by atoms with Crippen molar-refractivity contribution >= 4 is 28.3 Å². The highest BCUT2D eigenvalue weighted by molar-refractivity contribution is 6.31. The van der Waals surface area contributed by atoms with E-state index in [-0.39, 0.29) is 5.78 Å². The highest BCUT2D eigenvalue weighted by Gasteiger charge is 2.08. The molecular weight excluding hydrogens is 198 g/mol. The van der Waals surface area contributed by atoms with Crippen LogP contribution >= 0.6 is 11.6 Å². The predicted octanol–water partition coefficient (Wildman–Crippen LogP) is 3.19. The van der Waals surface area contributed by atoms with Crippen molar-refractivity contribution in [2.45, 2.75) is 0 Å². The molecule has 2 aromatic rings. The van der Waals surface area contributed by atoms with Crippen LogP contribution in [0.1, 0.15) is 10.4 Å². The number of allylic oxidation sites excluding steroid dienone is 1. The van der Waals surface area contributed by atoms with Gasteiger partial charge in [-0.25, -0.2) is 0 Å². The van der Waals surface area contributed by atoms with Gasteiger partial charge < -0.3 is 4.98 Å². The van der Waals surface area contributed by atoms with Crippen molar-refractivity contribution in [1.82, 2.24) is 4.98 Å². The van der Waals surface area contributed by atoms with E-state index in [1.807, 2.05) is 6.07 Å². The molecule has 14 heavy (non-hydrogen) atoms. The van der Waals surface area contributed by atoms with Crippen molar-refractivity contribution in [1.29, 1.82) is 0 Å². The quantitative estimate of drug-likeness (QED) is 0.593. The van der Waals surface area contributed by atoms with Crippen LogP contribution in [0.2, 0.25) is 5.02 Å². The predicted molar refractivity (Wildman–Crippen MR) is 57.8 cm³/mol. The maximum Gasteiger partial charge on any atom is 0.187 e. The molecule has 70 valence electrons. The Kier molecular flexibility index (Phi) is 2.14. The first-order chi connectivity index (χ1) is 6.72. The number of halogens is 1. The van der Waals surface area contributed by atoms with Gasteiger partial charge in [-0.2, -0.15) is 0 Å². The van der Waals surface area contributed by atoms with Crippen molar-refractivity contribution in [2.75, 3.05) is 0 Å². The van der Waals surface area contributed by atoms with E-state index >= 15 is 0 Å². The fourth-order valence-electron chi connectivity index (χ4n) is 1.41. The van der Waals surface area contributed by atoms with Crippen LogP contribution < -0.4 is 0 Å². The van der Waals surface area contributed by atoms with Gasteiger partial charge in [-0.1, -0.05) is 24.2 Å². The molecule has 0 saturated carbocycles. The molecular formula is C11H8ClNO. The highest BCUT2D eigenvalue weighted by Crippen LogP contribution is 2.22. The second-order valence-corrected chi connectivity index (χ2v) is 3.40. The van der Waals surface area contributed by atoms with Crippen LogP contribution in [0.25, 0.3) is 10.9 Å². The van der Waals surface area contributed by atoms with Crippen LogP contribution in [0, 0.1) is 0 Å². The lowest BCUT2D eigenvalue weighted by molar-refractivity contribution is 0.104. The minimum Gasteiger partial charge on any atom is -0.360 e. The molecule has 0 saturated heterocycles. The van der Waals surface area contributed by atoms with Crippen molar-refractivity contribution in [3.05, 3.63) is 47.6 Å². The lowest BCUT2D eigenvalue weighted by Gasteiger charge is -1.93. The second-order valence-electron chi connectivity index (χ2n) is 2.96. The van der Waals surface area contributed by atoms with Crippen LogP contribution in [0.4, 0.5) is 0 Å². The number of ketones is 1. The lowest BCUT2D eigenvalue weighted by Crippen LogP contribution is -1.90. The molecule has 0 bridgehead atoms. The molecule has 1 aromatic carbocycles. The first-order valence-corrected chi connectivity index (χ1v) is 4.53. The Morgan fingerprint density at radius 2 is 2.29 bits per heavy atom. The first kappa shape index (κ1) is 9.03. The van der Waals surface area contributed by atoms with E-state index in [9.17, 15) is 4.79 Å². The molecule has 0 amide bonds. The van der Waals surface area contributed by atoms with Gasteiger partial charge in [-0.15, -0.1) is 0 Å². The van der Waals surface area contributed by atoms with Gasteiger partial charge in [0.25, 0.3) is 0 Å². The van der Waals surface area contributed by atoms with Gasteiger partial charge in [0.15, 0.2) is 5.78 Å². The largest absolute Gasteiger partial charge is 0.360 e. The zero-order valence-electron chi connectivity index (χ0n) is 7.38. The van der Waals surface area contributed by atoms with Crippen LogP contribution in [-0.4, -0.2) is 10.8 Å². The molecule has 0 unspecified atom stereocenters. The molecule has 1 N–H and O–H groups in total. The first-order valence-electron chi connectivity index (χ1n) is 4.16. The smallest absolute Gasteiger partial charge is 0.187 e. The molecule has 2 rings (SSSR count). The van der Waals surface area contributed by atoms with E-state index < -0.39 is 0 Å². The molecule has 0 atom stereocenters. The van der Waals surface area contributed by atoms with Gasteiger partial charge in [0.2, 0.25) is 0 Å². The maximum absolute atomic E-state index is 11.4. The number of hydrogen-bond acceptors (Lipinski definition) is 1. The molecule has 0 aliphatic carbocycles. The molecule has 0 spiro atoms. The third-order valence-electron chi connectivity index (χ3n) is 2.09. The molecule has 2 nitrogen and oxygen atoms in total. The van der Waals surface area contributed by atoms with E-state index in [1.54, 1.807) is 18.3 Å². The summed E-state index contributed by atoms with van der Waals surface area (Å²) in [6.07, 6.45) is 2.97. The summed E-state index contributed by atoms with van der Waals surface area (Å²) in [5.41, 5.74) is 1.49. The summed E-state index contributed by atoms with van der Waals surface area (Å²) in [6, 6.07) is 5.37. The van der Waals surface area contributed by atoms with Crippen LogP contribution in [-0.2, 0) is 0 Å². The average molecular weight is 206 g/mol. The Hall–Kier alpha value is -1.54. The van der Waals surface area contributed by atoms with Gasteiger partial charge >= 0.3 is 0 Å². The maximum atomic E-state index is 11.4. The van der Waals surface area contributed by atoms with E-state index in [0.29, 0.717) is 10.6 Å². The number of carbonyl (C=O) groups is 1. The van der Waals surface area contributed by atoms with Crippen LogP contribution in [0.15, 0.2) is 37.1 Å². The summed E-state index contributed by atoms with van der Waals surface area (Å²) in [6.45, 7) is 3.45. The number of hydrogen-bond donors (Lipinski definition) is 1. The molecule has 0 radical (unpaired) electrons. The molecule has 1 aromatic heterocycles. The SMILES string of the molecule is C=CC(=O)c1c[nH]c2cc(Cl)ccc12. The zero-order valence-corrected chi connectivity index (χ0v) is 8.14. The molecule has 0 fully saturated rings. The Bertz CT molecular complexity index is 513. The summed E-state index contributed by atoms with van der Waals surface area (Å²) in [7, 11) is 0. The van der Waals surface area contributed by atoms with Gasteiger partial charge in [0.1, 0.15) is 0 Å². The normalized spacial score (nSPS) is 10.4. The van der Waals surface area contributed by atoms with E-state index in [1.165, 1.54) is 6.08 Å². The monoisotopic (exact) mass is 205 g/mol. The van der Waals surface area contributed by atoms with E-state index in [4.69, 9.17) is 11.6 Å². The Labute approximate surface area is 86.2 Å². The molecule has 0 aliphatic heterocycles. The minimum atomic E-state index is -0.0847. The third-order valence-corrected chi connectivity index (χ3v) is 2.33. The number of rotatable bonds is 2.